The molecule has 3 N–H and O–H groups in total. The molecule has 222 valence electrons. The van der Waals surface area contributed by atoms with Gasteiger partial charge in [0.15, 0.2) is 0 Å². The lowest BCUT2D eigenvalue weighted by Gasteiger charge is -2.42. The molecule has 1 aromatic carbocycles. The van der Waals surface area contributed by atoms with Crippen LogP contribution in [0.2, 0.25) is 0 Å². The average Bonchev–Trinajstić information content (AvgIpc) is 2.85. The van der Waals surface area contributed by atoms with Crippen molar-refractivity contribution in [3.63, 3.8) is 0 Å². The van der Waals surface area contributed by atoms with E-state index in [1.54, 1.807) is 0 Å². The highest BCUT2D eigenvalue weighted by Gasteiger charge is 2.44. The van der Waals surface area contributed by atoms with Crippen LogP contribution in [0.5, 0.6) is 0 Å². The molecule has 4 nitrogen and oxygen atoms in total. The zero-order valence-electron chi connectivity index (χ0n) is 26.5. The third kappa shape index (κ3) is 10.6. The fraction of sp³-hybridized carbons (Fsp3) is 0.824. The minimum absolute atomic E-state index is 0.163. The van der Waals surface area contributed by atoms with Gasteiger partial charge in [-0.3, -0.25) is 0 Å². The van der Waals surface area contributed by atoms with Gasteiger partial charge in [0, 0.05) is 6.61 Å². The Morgan fingerprint density at radius 1 is 0.684 bits per heavy atom. The topological polar surface area (TPSA) is 69.9 Å². The Hall–Kier alpha value is -0.940. The predicted octanol–water partition coefficient (Wildman–Crippen LogP) is 8.03. The molecule has 0 saturated carbocycles. The molecular formula is C34H62O4. The first kappa shape index (κ1) is 35.1. The summed E-state index contributed by atoms with van der Waals surface area (Å²) < 4.78 is 6.61. The first-order valence-electron chi connectivity index (χ1n) is 15.4. The minimum atomic E-state index is -1.16. The summed E-state index contributed by atoms with van der Waals surface area (Å²) in [6.45, 7) is 19.5. The van der Waals surface area contributed by atoms with Crippen molar-refractivity contribution in [1.29, 1.82) is 0 Å². The molecule has 38 heavy (non-hydrogen) atoms. The number of unbranched alkanes of at least 4 members (excludes halogenated alkanes) is 7. The van der Waals surface area contributed by atoms with Gasteiger partial charge in [-0.15, -0.1) is 0 Å². The molecule has 0 aliphatic rings. The van der Waals surface area contributed by atoms with Crippen molar-refractivity contribution in [3.8, 4) is 0 Å². The second-order valence-corrected chi connectivity index (χ2v) is 14.1. The number of rotatable bonds is 18. The lowest BCUT2D eigenvalue weighted by molar-refractivity contribution is -0.118. The third-order valence-corrected chi connectivity index (χ3v) is 7.99. The van der Waals surface area contributed by atoms with E-state index in [2.05, 4.69) is 74.4 Å². The Morgan fingerprint density at radius 2 is 1.11 bits per heavy atom. The zero-order valence-corrected chi connectivity index (χ0v) is 26.5. The molecule has 1 aromatic rings. The van der Waals surface area contributed by atoms with Crippen molar-refractivity contribution in [2.45, 2.75) is 143 Å². The van der Waals surface area contributed by atoms with Crippen LogP contribution < -0.4 is 0 Å². The molecule has 1 rings (SSSR count). The van der Waals surface area contributed by atoms with Gasteiger partial charge in [0.25, 0.3) is 0 Å². The molecule has 0 spiro atoms. The van der Waals surface area contributed by atoms with E-state index < -0.39 is 11.5 Å². The Morgan fingerprint density at radius 3 is 1.47 bits per heavy atom. The van der Waals surface area contributed by atoms with Crippen LogP contribution in [-0.4, -0.2) is 41.7 Å². The number of benzene rings is 1. The molecule has 0 heterocycles. The predicted molar refractivity (Wildman–Crippen MR) is 162 cm³/mol. The van der Waals surface area contributed by atoms with Crippen molar-refractivity contribution in [2.75, 3.05) is 26.4 Å². The molecule has 1 unspecified atom stereocenters. The Balaban J connectivity index is 3.12. The molecule has 0 fully saturated rings. The lowest BCUT2D eigenvalue weighted by Crippen LogP contribution is -2.43. The molecule has 4 heteroatoms. The number of aliphatic hydroxyl groups is 3. The maximum Gasteiger partial charge on any atom is 0.0953 e. The van der Waals surface area contributed by atoms with Crippen LogP contribution in [0.25, 0.3) is 0 Å². The van der Waals surface area contributed by atoms with E-state index in [0.29, 0.717) is 6.61 Å². The van der Waals surface area contributed by atoms with Gasteiger partial charge in [0.05, 0.1) is 31.3 Å². The zero-order chi connectivity index (χ0) is 29.0. The first-order chi connectivity index (χ1) is 17.8. The highest BCUT2D eigenvalue weighted by molar-refractivity contribution is 5.48. The van der Waals surface area contributed by atoms with Gasteiger partial charge < -0.3 is 20.1 Å². The Labute approximate surface area is 235 Å². The summed E-state index contributed by atoms with van der Waals surface area (Å²) >= 11 is 0. The van der Waals surface area contributed by atoms with Crippen LogP contribution in [0.1, 0.15) is 148 Å². The third-order valence-electron chi connectivity index (χ3n) is 7.99. The molecule has 1 atom stereocenters. The highest BCUT2D eigenvalue weighted by atomic mass is 16.5. The minimum Gasteiger partial charge on any atom is -0.395 e. The van der Waals surface area contributed by atoms with Crippen LogP contribution in [-0.2, 0) is 22.0 Å². The summed E-state index contributed by atoms with van der Waals surface area (Å²) in [6, 6.07) is 4.53. The molecule has 0 radical (unpaired) electrons. The van der Waals surface area contributed by atoms with Crippen molar-refractivity contribution >= 4 is 0 Å². The van der Waals surface area contributed by atoms with Crippen LogP contribution in [0, 0.1) is 11.3 Å². The van der Waals surface area contributed by atoms with Crippen LogP contribution in [0.4, 0.5) is 0 Å². The standard InChI is InChI=1S/C34H62O4/c1-10-27-21-28(32(4,5)6)30(29(22-27)33(7,8)9)31(34(23-35,24-36)25-37)38-20-18-16-14-12-11-13-15-17-19-26(2)3/h21-22,26,31,35-37H,10-20,23-25H2,1-9H3. The Bertz CT molecular complexity index is 737. The summed E-state index contributed by atoms with van der Waals surface area (Å²) in [6.07, 6.45) is 11.5. The van der Waals surface area contributed by atoms with Gasteiger partial charge in [0.1, 0.15) is 0 Å². The van der Waals surface area contributed by atoms with E-state index >= 15 is 0 Å². The van der Waals surface area contributed by atoms with Gasteiger partial charge >= 0.3 is 0 Å². The molecule has 0 bridgehead atoms. The molecule has 0 aliphatic carbocycles. The van der Waals surface area contributed by atoms with E-state index in [1.807, 2.05) is 0 Å². The Kier molecular flexibility index (Phi) is 15.1. The summed E-state index contributed by atoms with van der Waals surface area (Å²) in [5.41, 5.74) is 3.15. The SMILES string of the molecule is CCc1cc(C(C)(C)C)c(C(OCCCCCCCCCCC(C)C)C(CO)(CO)CO)c(C(C)(C)C)c1. The summed E-state index contributed by atoms with van der Waals surface area (Å²) in [4.78, 5) is 0. The van der Waals surface area contributed by atoms with Crippen molar-refractivity contribution < 1.29 is 20.1 Å². The lowest BCUT2D eigenvalue weighted by atomic mass is 9.69. The van der Waals surface area contributed by atoms with E-state index in [9.17, 15) is 15.3 Å². The van der Waals surface area contributed by atoms with Crippen LogP contribution in [0.15, 0.2) is 12.1 Å². The molecule has 0 aliphatic heterocycles. The fourth-order valence-corrected chi connectivity index (χ4v) is 5.32. The van der Waals surface area contributed by atoms with Gasteiger partial charge in [-0.1, -0.05) is 126 Å². The van der Waals surface area contributed by atoms with E-state index in [-0.39, 0.29) is 30.7 Å². The number of hydrogen-bond acceptors (Lipinski definition) is 4. The number of aryl methyl sites for hydroxylation is 1. The fourth-order valence-electron chi connectivity index (χ4n) is 5.32. The van der Waals surface area contributed by atoms with Crippen molar-refractivity contribution in [2.24, 2.45) is 11.3 Å². The summed E-state index contributed by atoms with van der Waals surface area (Å²) in [5, 5.41) is 31.5. The molecule has 0 aromatic heterocycles. The number of aliphatic hydroxyl groups excluding tert-OH is 3. The molecule has 0 amide bonds. The number of hydrogen-bond donors (Lipinski definition) is 3. The van der Waals surface area contributed by atoms with Crippen LogP contribution in [0.3, 0.4) is 0 Å². The van der Waals surface area contributed by atoms with Gasteiger partial charge in [-0.2, -0.15) is 0 Å². The second-order valence-electron chi connectivity index (χ2n) is 14.1. The van der Waals surface area contributed by atoms with Crippen molar-refractivity contribution in [3.05, 3.63) is 34.4 Å². The number of ether oxygens (including phenoxy) is 1. The largest absolute Gasteiger partial charge is 0.395 e. The second kappa shape index (κ2) is 16.4. The summed E-state index contributed by atoms with van der Waals surface area (Å²) in [7, 11) is 0. The monoisotopic (exact) mass is 534 g/mol. The van der Waals surface area contributed by atoms with E-state index in [4.69, 9.17) is 4.74 Å². The van der Waals surface area contributed by atoms with Gasteiger partial charge in [0.2, 0.25) is 0 Å². The van der Waals surface area contributed by atoms with E-state index in [1.165, 1.54) is 61.6 Å². The molecule has 0 saturated heterocycles. The maximum absolute atomic E-state index is 10.5. The highest BCUT2D eigenvalue weighted by Crippen LogP contribution is 2.46. The maximum atomic E-state index is 10.5. The smallest absolute Gasteiger partial charge is 0.0953 e. The molecular weight excluding hydrogens is 472 g/mol. The quantitative estimate of drug-likeness (QED) is 0.167. The first-order valence-corrected chi connectivity index (χ1v) is 15.4. The van der Waals surface area contributed by atoms with Gasteiger partial charge in [-0.05, 0) is 51.8 Å². The summed E-state index contributed by atoms with van der Waals surface area (Å²) in [5.74, 6) is 0.809. The normalized spacial score (nSPS) is 13.9. The average molecular weight is 535 g/mol. The van der Waals surface area contributed by atoms with E-state index in [0.717, 1.165) is 30.7 Å². The van der Waals surface area contributed by atoms with Crippen molar-refractivity contribution in [1.82, 2.24) is 0 Å². The van der Waals surface area contributed by atoms with Gasteiger partial charge in [-0.25, -0.2) is 0 Å². The van der Waals surface area contributed by atoms with Crippen LogP contribution >= 0.6 is 0 Å².